The molecule has 1 aliphatic heterocycles. The van der Waals surface area contributed by atoms with Crippen molar-refractivity contribution in [2.75, 3.05) is 25.0 Å². The standard InChI is InChI=1S/C13H17F3N2O3S/c14-13(15,16)12(19)9-17-10-3-5-11(6-4-10)22(20,21)18-7-1-2-8-18/h3-6,12,17,19H,1-2,7-9H2/t12-/m1/s1. The summed E-state index contributed by atoms with van der Waals surface area (Å²) in [4.78, 5) is 0.108. The Balaban J connectivity index is 2.01. The van der Waals surface area contributed by atoms with Gasteiger partial charge in [-0.05, 0) is 37.1 Å². The van der Waals surface area contributed by atoms with Gasteiger partial charge in [0, 0.05) is 25.3 Å². The lowest BCUT2D eigenvalue weighted by Gasteiger charge is -2.17. The summed E-state index contributed by atoms with van der Waals surface area (Å²) in [5, 5.41) is 11.3. The maximum Gasteiger partial charge on any atom is 0.416 e. The van der Waals surface area contributed by atoms with E-state index in [1.807, 2.05) is 0 Å². The molecule has 1 atom stereocenters. The molecule has 0 unspecified atom stereocenters. The largest absolute Gasteiger partial charge is 0.416 e. The lowest BCUT2D eigenvalue weighted by Crippen LogP contribution is -2.35. The zero-order valence-corrected chi connectivity index (χ0v) is 12.5. The normalized spacial score (nSPS) is 18.4. The van der Waals surface area contributed by atoms with Crippen LogP contribution in [0.3, 0.4) is 0 Å². The molecular weight excluding hydrogens is 321 g/mol. The summed E-state index contributed by atoms with van der Waals surface area (Å²) in [5.41, 5.74) is 0.309. The summed E-state index contributed by atoms with van der Waals surface area (Å²) >= 11 is 0. The topological polar surface area (TPSA) is 69.6 Å². The number of sulfonamides is 1. The number of halogens is 3. The number of aliphatic hydroxyl groups is 1. The second kappa shape index (κ2) is 6.43. The molecule has 0 radical (unpaired) electrons. The van der Waals surface area contributed by atoms with Crippen molar-refractivity contribution in [3.8, 4) is 0 Å². The molecule has 1 saturated heterocycles. The van der Waals surface area contributed by atoms with E-state index in [0.717, 1.165) is 12.8 Å². The van der Waals surface area contributed by atoms with Crippen LogP contribution in [-0.2, 0) is 10.0 Å². The summed E-state index contributed by atoms with van der Waals surface area (Å²) in [7, 11) is -3.53. The maximum absolute atomic E-state index is 12.3. The third-order valence-electron chi connectivity index (χ3n) is 3.43. The van der Waals surface area contributed by atoms with E-state index >= 15 is 0 Å². The van der Waals surface area contributed by atoms with Crippen LogP contribution < -0.4 is 5.32 Å². The van der Waals surface area contributed by atoms with Gasteiger partial charge in [0.15, 0.2) is 6.10 Å². The first-order valence-electron chi connectivity index (χ1n) is 6.80. The number of alkyl halides is 3. The number of rotatable bonds is 5. The van der Waals surface area contributed by atoms with Crippen molar-refractivity contribution in [1.29, 1.82) is 0 Å². The fourth-order valence-electron chi connectivity index (χ4n) is 2.15. The van der Waals surface area contributed by atoms with Crippen LogP contribution in [0.5, 0.6) is 0 Å². The molecule has 2 N–H and O–H groups in total. The smallest absolute Gasteiger partial charge is 0.382 e. The number of hydrogen-bond acceptors (Lipinski definition) is 4. The lowest BCUT2D eigenvalue weighted by atomic mass is 10.3. The molecule has 1 aliphatic rings. The third kappa shape index (κ3) is 3.90. The van der Waals surface area contributed by atoms with Crippen LogP contribution in [0.4, 0.5) is 18.9 Å². The van der Waals surface area contributed by atoms with Crippen molar-refractivity contribution in [2.24, 2.45) is 0 Å². The van der Waals surface area contributed by atoms with E-state index in [-0.39, 0.29) is 4.90 Å². The Kier molecular flexibility index (Phi) is 4.98. The van der Waals surface area contributed by atoms with E-state index in [9.17, 15) is 21.6 Å². The predicted octanol–water partition coefficient (Wildman–Crippen LogP) is 1.81. The maximum atomic E-state index is 12.3. The first kappa shape index (κ1) is 17.0. The molecule has 1 aromatic rings. The summed E-state index contributed by atoms with van der Waals surface area (Å²) in [6.07, 6.45) is -5.51. The fraction of sp³-hybridized carbons (Fsp3) is 0.538. The molecule has 2 rings (SSSR count). The minimum atomic E-state index is -4.69. The van der Waals surface area contributed by atoms with Crippen molar-refractivity contribution in [2.45, 2.75) is 30.0 Å². The van der Waals surface area contributed by atoms with Gasteiger partial charge in [-0.2, -0.15) is 17.5 Å². The predicted molar refractivity (Wildman–Crippen MR) is 75.0 cm³/mol. The van der Waals surface area contributed by atoms with Gasteiger partial charge in [0.05, 0.1) is 4.90 Å². The molecule has 1 aromatic carbocycles. The number of nitrogens with zero attached hydrogens (tertiary/aromatic N) is 1. The van der Waals surface area contributed by atoms with Gasteiger partial charge < -0.3 is 10.4 Å². The second-order valence-corrected chi connectivity index (χ2v) is 7.01. The molecule has 0 spiro atoms. The van der Waals surface area contributed by atoms with E-state index in [1.165, 1.54) is 28.6 Å². The van der Waals surface area contributed by atoms with E-state index in [0.29, 0.717) is 18.8 Å². The summed E-state index contributed by atoms with van der Waals surface area (Å²) < 4.78 is 62.4. The molecule has 1 heterocycles. The average Bonchev–Trinajstić information content (AvgIpc) is 2.99. The first-order valence-corrected chi connectivity index (χ1v) is 8.24. The first-order chi connectivity index (χ1) is 10.2. The van der Waals surface area contributed by atoms with Crippen LogP contribution in [0.15, 0.2) is 29.2 Å². The number of anilines is 1. The van der Waals surface area contributed by atoms with E-state index in [4.69, 9.17) is 5.11 Å². The highest BCUT2D eigenvalue weighted by Crippen LogP contribution is 2.23. The SMILES string of the molecule is O=S(=O)(c1ccc(NC[C@@H](O)C(F)(F)F)cc1)N1CCCC1. The Labute approximate surface area is 126 Å². The quantitative estimate of drug-likeness (QED) is 0.859. The van der Waals surface area contributed by atoms with Gasteiger partial charge >= 0.3 is 6.18 Å². The van der Waals surface area contributed by atoms with Crippen molar-refractivity contribution < 1.29 is 26.7 Å². The molecule has 0 aliphatic carbocycles. The monoisotopic (exact) mass is 338 g/mol. The molecule has 9 heteroatoms. The van der Waals surface area contributed by atoms with Gasteiger partial charge in [0.1, 0.15) is 0 Å². The highest BCUT2D eigenvalue weighted by Gasteiger charge is 2.37. The third-order valence-corrected chi connectivity index (χ3v) is 5.35. The van der Waals surface area contributed by atoms with Crippen LogP contribution in [0.1, 0.15) is 12.8 Å². The fourth-order valence-corrected chi connectivity index (χ4v) is 3.67. The minimum absolute atomic E-state index is 0.108. The Morgan fingerprint density at radius 2 is 1.73 bits per heavy atom. The molecular formula is C13H17F3N2O3S. The number of aliphatic hydroxyl groups excluding tert-OH is 1. The molecule has 124 valence electrons. The molecule has 0 aromatic heterocycles. The zero-order chi connectivity index (χ0) is 16.4. The van der Waals surface area contributed by atoms with Gasteiger partial charge in [-0.25, -0.2) is 8.42 Å². The Hall–Kier alpha value is -1.32. The van der Waals surface area contributed by atoms with Crippen LogP contribution in [-0.4, -0.2) is 49.7 Å². The molecule has 1 fully saturated rings. The molecule has 5 nitrogen and oxygen atoms in total. The lowest BCUT2D eigenvalue weighted by molar-refractivity contribution is -0.198. The van der Waals surface area contributed by atoms with Gasteiger partial charge in [-0.1, -0.05) is 0 Å². The Morgan fingerprint density at radius 3 is 2.23 bits per heavy atom. The van der Waals surface area contributed by atoms with Crippen molar-refractivity contribution in [3.63, 3.8) is 0 Å². The van der Waals surface area contributed by atoms with Crippen LogP contribution in [0.25, 0.3) is 0 Å². The summed E-state index contributed by atoms with van der Waals surface area (Å²) in [5.74, 6) is 0. The van der Waals surface area contributed by atoms with E-state index in [2.05, 4.69) is 5.32 Å². The van der Waals surface area contributed by atoms with Crippen LogP contribution >= 0.6 is 0 Å². The van der Waals surface area contributed by atoms with Crippen molar-refractivity contribution >= 4 is 15.7 Å². The number of nitrogens with one attached hydrogen (secondary N) is 1. The zero-order valence-electron chi connectivity index (χ0n) is 11.7. The van der Waals surface area contributed by atoms with E-state index < -0.39 is 28.8 Å². The average molecular weight is 338 g/mol. The number of hydrogen-bond donors (Lipinski definition) is 2. The summed E-state index contributed by atoms with van der Waals surface area (Å²) in [6.45, 7) is 0.280. The minimum Gasteiger partial charge on any atom is -0.382 e. The number of benzene rings is 1. The van der Waals surface area contributed by atoms with Crippen LogP contribution in [0.2, 0.25) is 0 Å². The van der Waals surface area contributed by atoms with Gasteiger partial charge in [0.25, 0.3) is 0 Å². The Bertz CT molecular complexity index is 596. The van der Waals surface area contributed by atoms with Crippen molar-refractivity contribution in [3.05, 3.63) is 24.3 Å². The van der Waals surface area contributed by atoms with E-state index in [1.54, 1.807) is 0 Å². The Morgan fingerprint density at radius 1 is 1.18 bits per heavy atom. The van der Waals surface area contributed by atoms with Crippen molar-refractivity contribution in [1.82, 2.24) is 4.31 Å². The molecule has 22 heavy (non-hydrogen) atoms. The highest BCUT2D eigenvalue weighted by atomic mass is 32.2. The van der Waals surface area contributed by atoms with Crippen LogP contribution in [0, 0.1) is 0 Å². The highest BCUT2D eigenvalue weighted by molar-refractivity contribution is 7.89. The molecule has 0 saturated carbocycles. The van der Waals surface area contributed by atoms with Gasteiger partial charge in [0.2, 0.25) is 10.0 Å². The van der Waals surface area contributed by atoms with Gasteiger partial charge in [-0.3, -0.25) is 0 Å². The molecule has 0 amide bonds. The summed E-state index contributed by atoms with van der Waals surface area (Å²) in [6, 6.07) is 5.45. The molecule has 0 bridgehead atoms. The second-order valence-electron chi connectivity index (χ2n) is 5.07. The van der Waals surface area contributed by atoms with Gasteiger partial charge in [-0.15, -0.1) is 0 Å².